The first-order valence-corrected chi connectivity index (χ1v) is 9.04. The predicted molar refractivity (Wildman–Crippen MR) is 112 cm³/mol. The summed E-state index contributed by atoms with van der Waals surface area (Å²) in [6, 6.07) is 14.9. The van der Waals surface area contributed by atoms with Gasteiger partial charge in [-0.3, -0.25) is 0 Å². The number of esters is 1. The molecule has 0 unspecified atom stereocenters. The summed E-state index contributed by atoms with van der Waals surface area (Å²) in [4.78, 5) is 20.7. The van der Waals surface area contributed by atoms with E-state index in [-0.39, 0.29) is 5.97 Å². The first kappa shape index (κ1) is 23.5. The van der Waals surface area contributed by atoms with Crippen molar-refractivity contribution in [1.82, 2.24) is 0 Å². The summed E-state index contributed by atoms with van der Waals surface area (Å²) in [6.07, 6.45) is 4.66. The highest BCUT2D eigenvalue weighted by molar-refractivity contribution is 5.85. The molecule has 29 heavy (non-hydrogen) atoms. The Morgan fingerprint density at radius 2 is 1.66 bits per heavy atom. The third kappa shape index (κ3) is 10.4. The number of carboxylic acids is 1. The Morgan fingerprint density at radius 3 is 2.17 bits per heavy atom. The van der Waals surface area contributed by atoms with Crippen molar-refractivity contribution in [3.63, 3.8) is 0 Å². The third-order valence-electron chi connectivity index (χ3n) is 3.48. The lowest BCUT2D eigenvalue weighted by atomic mass is 10.2. The second-order valence-electron chi connectivity index (χ2n) is 5.75. The fraction of sp³-hybridized carbons (Fsp3) is 0.217. The Kier molecular flexibility index (Phi) is 11.0. The Balaban J connectivity index is 0.000000447. The Labute approximate surface area is 171 Å². The molecule has 0 heterocycles. The second kappa shape index (κ2) is 13.6. The normalized spacial score (nSPS) is 9.86. The number of methoxy groups -OCH3 is 1. The molecule has 0 aliphatic heterocycles. The maximum Gasteiger partial charge on any atom is 0.330 e. The third-order valence-corrected chi connectivity index (χ3v) is 3.48. The van der Waals surface area contributed by atoms with Crippen LogP contribution in [0.1, 0.15) is 24.5 Å². The van der Waals surface area contributed by atoms with Crippen LogP contribution in [0.2, 0.25) is 0 Å². The number of hydrogen-bond acceptors (Lipinski definition) is 5. The summed E-state index contributed by atoms with van der Waals surface area (Å²) in [5.41, 5.74) is 1.86. The average Bonchev–Trinajstić information content (AvgIpc) is 2.76. The summed E-state index contributed by atoms with van der Waals surface area (Å²) in [7, 11) is 1.63. The van der Waals surface area contributed by atoms with Crippen LogP contribution < -0.4 is 9.47 Å². The van der Waals surface area contributed by atoms with Crippen LogP contribution in [0.3, 0.4) is 0 Å². The molecular formula is C23H26O6. The molecule has 0 fully saturated rings. The van der Waals surface area contributed by atoms with Crippen molar-refractivity contribution in [2.24, 2.45) is 0 Å². The predicted octanol–water partition coefficient (Wildman–Crippen LogP) is 4.50. The summed E-state index contributed by atoms with van der Waals surface area (Å²) in [6.45, 7) is 6.14. The van der Waals surface area contributed by atoms with Crippen LogP contribution in [0.4, 0.5) is 0 Å². The van der Waals surface area contributed by atoms with Gasteiger partial charge in [-0.15, -0.1) is 0 Å². The first-order valence-electron chi connectivity index (χ1n) is 9.04. The van der Waals surface area contributed by atoms with E-state index in [1.807, 2.05) is 55.5 Å². The van der Waals surface area contributed by atoms with Gasteiger partial charge in [0.25, 0.3) is 0 Å². The molecule has 0 saturated carbocycles. The fourth-order valence-corrected chi connectivity index (χ4v) is 1.99. The van der Waals surface area contributed by atoms with Crippen LogP contribution in [0.25, 0.3) is 6.08 Å². The molecule has 6 nitrogen and oxygen atoms in total. The van der Waals surface area contributed by atoms with Gasteiger partial charge in [0.1, 0.15) is 18.1 Å². The molecule has 2 aromatic carbocycles. The number of carbonyl (C=O) groups excluding carboxylic acids is 1. The number of rotatable bonds is 9. The smallest absolute Gasteiger partial charge is 0.330 e. The van der Waals surface area contributed by atoms with Gasteiger partial charge in [-0.2, -0.15) is 0 Å². The zero-order chi connectivity index (χ0) is 21.5. The summed E-state index contributed by atoms with van der Waals surface area (Å²) in [5.74, 6) is 0.244. The van der Waals surface area contributed by atoms with Gasteiger partial charge in [0, 0.05) is 12.2 Å². The molecule has 0 amide bonds. The van der Waals surface area contributed by atoms with E-state index in [1.54, 1.807) is 7.11 Å². The van der Waals surface area contributed by atoms with Crippen molar-refractivity contribution in [2.75, 3.05) is 13.7 Å². The molecule has 0 atom stereocenters. The van der Waals surface area contributed by atoms with Crippen molar-refractivity contribution >= 4 is 18.0 Å². The highest BCUT2D eigenvalue weighted by Gasteiger charge is 1.98. The quantitative estimate of drug-likeness (QED) is 0.495. The summed E-state index contributed by atoms with van der Waals surface area (Å²) >= 11 is 0. The first-order chi connectivity index (χ1) is 14.0. The van der Waals surface area contributed by atoms with Crippen molar-refractivity contribution in [3.8, 4) is 11.5 Å². The van der Waals surface area contributed by atoms with Gasteiger partial charge in [0.2, 0.25) is 0 Å². The fourth-order valence-electron chi connectivity index (χ4n) is 1.99. The van der Waals surface area contributed by atoms with Crippen LogP contribution >= 0.6 is 0 Å². The van der Waals surface area contributed by atoms with Crippen molar-refractivity contribution < 1.29 is 28.9 Å². The van der Waals surface area contributed by atoms with E-state index in [4.69, 9.17) is 14.6 Å². The van der Waals surface area contributed by atoms with Gasteiger partial charge < -0.3 is 19.3 Å². The highest BCUT2D eigenvalue weighted by atomic mass is 16.5. The maximum atomic E-state index is 10.4. The molecule has 0 saturated heterocycles. The summed E-state index contributed by atoms with van der Waals surface area (Å²) in [5, 5.41) is 8.56. The monoisotopic (exact) mass is 398 g/mol. The molecular weight excluding hydrogens is 372 g/mol. The lowest BCUT2D eigenvalue weighted by molar-refractivity contribution is -0.137. The molecule has 154 valence electrons. The van der Waals surface area contributed by atoms with Crippen molar-refractivity contribution in [2.45, 2.75) is 20.0 Å². The summed E-state index contributed by atoms with van der Waals surface area (Å²) < 4.78 is 15.3. The van der Waals surface area contributed by atoms with Crippen molar-refractivity contribution in [1.29, 1.82) is 0 Å². The minimum absolute atomic E-state index is 0.341. The zero-order valence-corrected chi connectivity index (χ0v) is 16.7. The standard InChI is InChI=1S/C17H16O4.C6H10O2/c1-20-15-7-4-14(5-8-15)12-21-16-9-2-13(3-10-16)6-11-17(18)19;1-3-5-8-6(7)4-2/h2-11H,12H2,1H3,(H,18,19);4H,2-3,5H2,1H3. The number of carboxylic acid groups (broad SMARTS) is 1. The van der Waals surface area contributed by atoms with Gasteiger partial charge in [-0.25, -0.2) is 9.59 Å². The molecule has 0 radical (unpaired) electrons. The van der Waals surface area contributed by atoms with E-state index in [1.165, 1.54) is 6.08 Å². The molecule has 0 aliphatic carbocycles. The lowest BCUT2D eigenvalue weighted by Gasteiger charge is -2.07. The lowest BCUT2D eigenvalue weighted by Crippen LogP contribution is -1.99. The molecule has 0 bridgehead atoms. The van der Waals surface area contributed by atoms with Crippen LogP contribution in [-0.4, -0.2) is 30.8 Å². The minimum Gasteiger partial charge on any atom is -0.497 e. The van der Waals surface area contributed by atoms with E-state index < -0.39 is 5.97 Å². The Bertz CT molecular complexity index is 791. The minimum atomic E-state index is -0.963. The number of aliphatic carboxylic acids is 1. The molecule has 6 heteroatoms. The van der Waals surface area contributed by atoms with E-state index in [0.717, 1.165) is 41.2 Å². The van der Waals surface area contributed by atoms with Gasteiger partial charge >= 0.3 is 11.9 Å². The number of benzene rings is 2. The Hall–Kier alpha value is -3.54. The van der Waals surface area contributed by atoms with Gasteiger partial charge in [-0.1, -0.05) is 37.8 Å². The topological polar surface area (TPSA) is 82.1 Å². The second-order valence-corrected chi connectivity index (χ2v) is 5.75. The van der Waals surface area contributed by atoms with Gasteiger partial charge in [0.15, 0.2) is 0 Å². The van der Waals surface area contributed by atoms with Gasteiger partial charge in [0.05, 0.1) is 13.7 Å². The van der Waals surface area contributed by atoms with Crippen LogP contribution in [0.5, 0.6) is 11.5 Å². The molecule has 0 aromatic heterocycles. The Morgan fingerprint density at radius 1 is 1.03 bits per heavy atom. The molecule has 2 rings (SSSR count). The largest absolute Gasteiger partial charge is 0.497 e. The molecule has 0 spiro atoms. The van der Waals surface area contributed by atoms with E-state index in [0.29, 0.717) is 13.2 Å². The van der Waals surface area contributed by atoms with E-state index in [2.05, 4.69) is 11.3 Å². The number of hydrogen-bond donors (Lipinski definition) is 1. The maximum absolute atomic E-state index is 10.4. The van der Waals surface area contributed by atoms with Crippen LogP contribution in [0.15, 0.2) is 67.3 Å². The number of carbonyl (C=O) groups is 2. The zero-order valence-electron chi connectivity index (χ0n) is 16.7. The number of ether oxygens (including phenoxy) is 3. The SMILES string of the molecule is C=CC(=O)OCCC.COc1ccc(COc2ccc(C=CC(=O)O)cc2)cc1. The molecule has 0 aliphatic rings. The van der Waals surface area contributed by atoms with Crippen molar-refractivity contribution in [3.05, 3.63) is 78.4 Å². The van der Waals surface area contributed by atoms with Gasteiger partial charge in [-0.05, 0) is 47.9 Å². The molecule has 2 aromatic rings. The average molecular weight is 398 g/mol. The van der Waals surface area contributed by atoms with Crippen LogP contribution in [0, 0.1) is 0 Å². The van der Waals surface area contributed by atoms with Crippen LogP contribution in [-0.2, 0) is 20.9 Å². The van der Waals surface area contributed by atoms with E-state index >= 15 is 0 Å². The van der Waals surface area contributed by atoms with E-state index in [9.17, 15) is 9.59 Å². The molecule has 1 N–H and O–H groups in total. The highest BCUT2D eigenvalue weighted by Crippen LogP contribution is 2.16.